The van der Waals surface area contributed by atoms with Gasteiger partial charge in [0.1, 0.15) is 10.0 Å². The van der Waals surface area contributed by atoms with Crippen LogP contribution < -0.4 is 0 Å². The van der Waals surface area contributed by atoms with Crippen molar-refractivity contribution in [2.45, 2.75) is 13.8 Å². The largest absolute Gasteiger partial charge is 0.265 e. The molecule has 4 heterocycles. The molecule has 0 amide bonds. The first kappa shape index (κ1) is 15.5. The summed E-state index contributed by atoms with van der Waals surface area (Å²) < 4.78 is 2.48. The first-order valence-electron chi connectivity index (χ1n) is 8.23. The molecule has 0 fully saturated rings. The van der Waals surface area contributed by atoms with Crippen molar-refractivity contribution in [3.63, 3.8) is 0 Å². The number of rotatable bonds is 2. The number of pyridine rings is 2. The normalized spacial score (nSPS) is 11.5. The van der Waals surface area contributed by atoms with Crippen molar-refractivity contribution >= 4 is 43.1 Å². The van der Waals surface area contributed by atoms with Crippen LogP contribution in [-0.2, 0) is 0 Å². The standard InChI is InChI=1S/C20H14N4S2/c1-11-15-17(25-19(23-15)13-3-7-21-8-4-13)12(2)18-16(11)24-20(26-18)14-5-9-22-10-6-14/h3-10H,1-2H3. The second kappa shape index (κ2) is 5.93. The minimum absolute atomic E-state index is 1.03. The molecule has 4 aromatic heterocycles. The van der Waals surface area contributed by atoms with E-state index in [0.29, 0.717) is 0 Å². The van der Waals surface area contributed by atoms with Crippen LogP contribution in [0.25, 0.3) is 41.6 Å². The van der Waals surface area contributed by atoms with Crippen molar-refractivity contribution in [2.75, 3.05) is 0 Å². The Labute approximate surface area is 158 Å². The summed E-state index contributed by atoms with van der Waals surface area (Å²) in [6.07, 6.45) is 7.23. The second-order valence-corrected chi connectivity index (χ2v) is 8.11. The number of thiazole rings is 2. The number of aryl methyl sites for hydroxylation is 2. The monoisotopic (exact) mass is 374 g/mol. The predicted octanol–water partition coefficient (Wildman–Crippen LogP) is 5.65. The van der Waals surface area contributed by atoms with E-state index >= 15 is 0 Å². The van der Waals surface area contributed by atoms with Gasteiger partial charge in [0.2, 0.25) is 0 Å². The molecule has 0 N–H and O–H groups in total. The lowest BCUT2D eigenvalue weighted by Gasteiger charge is -2.00. The van der Waals surface area contributed by atoms with E-state index in [2.05, 4.69) is 23.8 Å². The molecule has 5 aromatic rings. The highest BCUT2D eigenvalue weighted by molar-refractivity contribution is 7.24. The van der Waals surface area contributed by atoms with Crippen molar-refractivity contribution in [1.82, 2.24) is 19.9 Å². The van der Waals surface area contributed by atoms with Gasteiger partial charge >= 0.3 is 0 Å². The van der Waals surface area contributed by atoms with Gasteiger partial charge in [0.15, 0.2) is 0 Å². The Hall–Kier alpha value is -2.70. The Bertz CT molecular complexity index is 1090. The van der Waals surface area contributed by atoms with Gasteiger partial charge in [-0.3, -0.25) is 9.97 Å². The Morgan fingerprint density at radius 3 is 1.46 bits per heavy atom. The van der Waals surface area contributed by atoms with Gasteiger partial charge < -0.3 is 0 Å². The summed E-state index contributed by atoms with van der Waals surface area (Å²) in [5, 5.41) is 2.06. The summed E-state index contributed by atoms with van der Waals surface area (Å²) in [6.45, 7) is 4.29. The molecule has 0 aliphatic rings. The SMILES string of the molecule is Cc1c2nc(-c3ccncc3)sc2c(C)c2sc(-c3ccncc3)nc12. The fraction of sp³-hybridized carbons (Fsp3) is 0.100. The van der Waals surface area contributed by atoms with Gasteiger partial charge in [-0.25, -0.2) is 9.97 Å². The van der Waals surface area contributed by atoms with Crippen molar-refractivity contribution < 1.29 is 0 Å². The Balaban J connectivity index is 1.76. The maximum absolute atomic E-state index is 4.92. The van der Waals surface area contributed by atoms with E-state index in [0.717, 1.165) is 37.7 Å². The van der Waals surface area contributed by atoms with E-state index in [9.17, 15) is 0 Å². The van der Waals surface area contributed by atoms with Gasteiger partial charge in [-0.15, -0.1) is 22.7 Å². The molecule has 26 heavy (non-hydrogen) atoms. The van der Waals surface area contributed by atoms with E-state index in [1.807, 2.05) is 49.1 Å². The summed E-state index contributed by atoms with van der Waals surface area (Å²) in [5.41, 5.74) is 6.73. The van der Waals surface area contributed by atoms with Crippen LogP contribution in [0.5, 0.6) is 0 Å². The smallest absolute Gasteiger partial charge is 0.124 e. The summed E-state index contributed by atoms with van der Waals surface area (Å²) >= 11 is 3.48. The lowest BCUT2D eigenvalue weighted by molar-refractivity contribution is 1.32. The molecule has 0 saturated carbocycles. The van der Waals surface area contributed by atoms with Crippen LogP contribution in [0.2, 0.25) is 0 Å². The molecule has 0 saturated heterocycles. The molecule has 126 valence electrons. The third kappa shape index (κ3) is 2.34. The van der Waals surface area contributed by atoms with Crippen molar-refractivity contribution in [3.05, 3.63) is 60.2 Å². The fourth-order valence-corrected chi connectivity index (χ4v) is 5.44. The molecule has 0 aliphatic heterocycles. The highest BCUT2D eigenvalue weighted by Gasteiger charge is 2.18. The van der Waals surface area contributed by atoms with Gasteiger partial charge in [0.05, 0.1) is 20.4 Å². The van der Waals surface area contributed by atoms with E-state index in [-0.39, 0.29) is 0 Å². The maximum atomic E-state index is 4.92. The molecular formula is C20H14N4S2. The molecule has 0 aliphatic carbocycles. The molecule has 0 atom stereocenters. The molecule has 6 heteroatoms. The van der Waals surface area contributed by atoms with E-state index in [1.165, 1.54) is 15.0 Å². The van der Waals surface area contributed by atoms with Crippen LogP contribution in [0.1, 0.15) is 11.1 Å². The quantitative estimate of drug-likeness (QED) is 0.401. The maximum Gasteiger partial charge on any atom is 0.124 e. The molecule has 0 bridgehead atoms. The number of nitrogens with zero attached hydrogens (tertiary/aromatic N) is 4. The first-order valence-corrected chi connectivity index (χ1v) is 9.86. The van der Waals surface area contributed by atoms with Crippen molar-refractivity contribution in [3.8, 4) is 21.1 Å². The zero-order valence-corrected chi connectivity index (χ0v) is 15.9. The summed E-state index contributed by atoms with van der Waals surface area (Å²) in [7, 11) is 0. The molecule has 0 unspecified atom stereocenters. The molecular weight excluding hydrogens is 360 g/mol. The van der Waals surface area contributed by atoms with E-state index in [4.69, 9.17) is 9.97 Å². The van der Waals surface area contributed by atoms with Gasteiger partial charge in [0, 0.05) is 41.5 Å². The average molecular weight is 374 g/mol. The minimum Gasteiger partial charge on any atom is -0.265 e. The fourth-order valence-electron chi connectivity index (χ4n) is 3.11. The Morgan fingerprint density at radius 1 is 0.615 bits per heavy atom. The number of benzene rings is 1. The highest BCUT2D eigenvalue weighted by Crippen LogP contribution is 2.41. The lowest BCUT2D eigenvalue weighted by Crippen LogP contribution is -1.84. The third-order valence-electron chi connectivity index (χ3n) is 4.50. The molecule has 0 spiro atoms. The summed E-state index contributed by atoms with van der Waals surface area (Å²) in [5.74, 6) is 0. The molecule has 5 rings (SSSR count). The van der Waals surface area contributed by atoms with Gasteiger partial charge in [-0.05, 0) is 43.7 Å². The highest BCUT2D eigenvalue weighted by atomic mass is 32.1. The third-order valence-corrected chi connectivity index (χ3v) is 6.95. The van der Waals surface area contributed by atoms with E-state index < -0.39 is 0 Å². The van der Waals surface area contributed by atoms with Crippen molar-refractivity contribution in [1.29, 1.82) is 0 Å². The van der Waals surface area contributed by atoms with E-state index in [1.54, 1.807) is 22.7 Å². The van der Waals surface area contributed by atoms with Crippen LogP contribution in [0.15, 0.2) is 49.1 Å². The van der Waals surface area contributed by atoms with Crippen LogP contribution in [-0.4, -0.2) is 19.9 Å². The van der Waals surface area contributed by atoms with Crippen LogP contribution >= 0.6 is 22.7 Å². The van der Waals surface area contributed by atoms with Crippen molar-refractivity contribution in [2.24, 2.45) is 0 Å². The number of aromatic nitrogens is 4. The molecule has 1 aromatic carbocycles. The number of hydrogen-bond donors (Lipinski definition) is 0. The van der Waals surface area contributed by atoms with Gasteiger partial charge in [0.25, 0.3) is 0 Å². The Kier molecular flexibility index (Phi) is 3.55. The topological polar surface area (TPSA) is 51.6 Å². The minimum atomic E-state index is 1.03. The first-order chi connectivity index (χ1) is 12.7. The Morgan fingerprint density at radius 2 is 1.04 bits per heavy atom. The zero-order valence-electron chi connectivity index (χ0n) is 14.2. The van der Waals surface area contributed by atoms with Gasteiger partial charge in [-0.2, -0.15) is 0 Å². The number of fused-ring (bicyclic) bond motifs is 2. The lowest BCUT2D eigenvalue weighted by atomic mass is 10.1. The van der Waals surface area contributed by atoms with Crippen LogP contribution in [0.4, 0.5) is 0 Å². The molecule has 0 radical (unpaired) electrons. The second-order valence-electron chi connectivity index (χ2n) is 6.12. The average Bonchev–Trinajstić information content (AvgIpc) is 3.33. The summed E-state index contributed by atoms with van der Waals surface area (Å²) in [4.78, 5) is 18.0. The van der Waals surface area contributed by atoms with Crippen LogP contribution in [0, 0.1) is 13.8 Å². The number of hydrogen-bond acceptors (Lipinski definition) is 6. The zero-order chi connectivity index (χ0) is 17.7. The van der Waals surface area contributed by atoms with Gasteiger partial charge in [-0.1, -0.05) is 0 Å². The summed E-state index contributed by atoms with van der Waals surface area (Å²) in [6, 6.07) is 8.02. The molecule has 4 nitrogen and oxygen atoms in total. The van der Waals surface area contributed by atoms with Crippen LogP contribution in [0.3, 0.4) is 0 Å². The predicted molar refractivity (Wildman–Crippen MR) is 109 cm³/mol.